The van der Waals surface area contributed by atoms with Crippen molar-refractivity contribution in [1.29, 1.82) is 0 Å². The molecule has 0 bridgehead atoms. The van der Waals surface area contributed by atoms with Crippen LogP contribution < -0.4 is 25.7 Å². The molecule has 2 aromatic rings. The Bertz CT molecular complexity index is 885. The van der Waals surface area contributed by atoms with Crippen LogP contribution in [0.15, 0.2) is 35.3 Å². The number of piperidine rings is 1. The fourth-order valence-electron chi connectivity index (χ4n) is 3.39. The van der Waals surface area contributed by atoms with Crippen LogP contribution in [0.5, 0.6) is 11.5 Å². The van der Waals surface area contributed by atoms with Crippen molar-refractivity contribution in [2.24, 2.45) is 0 Å². The molecule has 144 valence electrons. The Morgan fingerprint density at radius 1 is 1.19 bits per heavy atom. The summed E-state index contributed by atoms with van der Waals surface area (Å²) in [5.41, 5.74) is 0.990. The predicted octanol–water partition coefficient (Wildman–Crippen LogP) is 2.35. The molecule has 2 N–H and O–H groups in total. The van der Waals surface area contributed by atoms with Crippen molar-refractivity contribution >= 4 is 11.6 Å². The molecular formula is C20H25N3O4. The van der Waals surface area contributed by atoms with E-state index in [4.69, 9.17) is 9.47 Å². The lowest BCUT2D eigenvalue weighted by atomic mass is 10.0. The SMILES string of the molecule is COc1ccc(OC)c(NC(=O)c2c(C)ccn(C3CCNCC3)c2=O)c1. The molecule has 0 spiro atoms. The lowest BCUT2D eigenvalue weighted by molar-refractivity contribution is 0.102. The topological polar surface area (TPSA) is 81.6 Å². The molecule has 0 radical (unpaired) electrons. The fraction of sp³-hybridized carbons (Fsp3) is 0.400. The lowest BCUT2D eigenvalue weighted by Crippen LogP contribution is -2.37. The van der Waals surface area contributed by atoms with Gasteiger partial charge in [0.25, 0.3) is 11.5 Å². The summed E-state index contributed by atoms with van der Waals surface area (Å²) in [4.78, 5) is 25.9. The number of amides is 1. The van der Waals surface area contributed by atoms with E-state index >= 15 is 0 Å². The van der Waals surface area contributed by atoms with Gasteiger partial charge in [0.1, 0.15) is 17.1 Å². The second kappa shape index (κ2) is 8.26. The maximum Gasteiger partial charge on any atom is 0.263 e. The molecule has 1 aliphatic heterocycles. The number of benzene rings is 1. The van der Waals surface area contributed by atoms with E-state index in [0.29, 0.717) is 22.7 Å². The number of hydrogen-bond donors (Lipinski definition) is 2. The second-order valence-electron chi connectivity index (χ2n) is 6.59. The highest BCUT2D eigenvalue weighted by molar-refractivity contribution is 6.05. The molecule has 1 saturated heterocycles. The molecule has 0 aliphatic carbocycles. The maximum atomic E-state index is 13.0. The van der Waals surface area contributed by atoms with E-state index in [2.05, 4.69) is 10.6 Å². The van der Waals surface area contributed by atoms with Gasteiger partial charge in [-0.2, -0.15) is 0 Å². The minimum Gasteiger partial charge on any atom is -0.497 e. The highest BCUT2D eigenvalue weighted by Gasteiger charge is 2.22. The minimum atomic E-state index is -0.452. The van der Waals surface area contributed by atoms with Gasteiger partial charge in [-0.3, -0.25) is 9.59 Å². The van der Waals surface area contributed by atoms with Gasteiger partial charge in [-0.05, 0) is 56.6 Å². The molecular weight excluding hydrogens is 346 g/mol. The number of ether oxygens (including phenoxy) is 2. The standard InChI is InChI=1S/C20H25N3O4/c1-13-8-11-23(14-6-9-21-10-7-14)20(25)18(13)19(24)22-16-12-15(26-2)4-5-17(16)27-3/h4-5,8,11-12,14,21H,6-7,9-10H2,1-3H3,(H,22,24). The van der Waals surface area contributed by atoms with E-state index in [1.807, 2.05) is 6.07 Å². The molecule has 2 heterocycles. The van der Waals surface area contributed by atoms with E-state index in [-0.39, 0.29) is 17.2 Å². The van der Waals surface area contributed by atoms with Crippen LogP contribution in [-0.4, -0.2) is 37.8 Å². The molecule has 7 heteroatoms. The Labute approximate surface area is 158 Å². The average Bonchev–Trinajstić information content (AvgIpc) is 2.68. The number of nitrogens with one attached hydrogen (secondary N) is 2. The summed E-state index contributed by atoms with van der Waals surface area (Å²) in [6.07, 6.45) is 3.53. The van der Waals surface area contributed by atoms with Gasteiger partial charge in [-0.15, -0.1) is 0 Å². The van der Waals surface area contributed by atoms with Gasteiger partial charge < -0.3 is 24.7 Å². The number of aryl methyl sites for hydroxylation is 1. The zero-order valence-electron chi connectivity index (χ0n) is 15.9. The van der Waals surface area contributed by atoms with Crippen LogP contribution in [0.1, 0.15) is 34.8 Å². The first-order chi connectivity index (χ1) is 13.0. The summed E-state index contributed by atoms with van der Waals surface area (Å²) in [5, 5.41) is 6.08. The van der Waals surface area contributed by atoms with E-state index < -0.39 is 5.91 Å². The molecule has 1 amide bonds. The molecule has 1 fully saturated rings. The van der Waals surface area contributed by atoms with Crippen LogP contribution in [0, 0.1) is 6.92 Å². The first-order valence-electron chi connectivity index (χ1n) is 9.01. The van der Waals surface area contributed by atoms with Crippen molar-refractivity contribution in [3.63, 3.8) is 0 Å². The molecule has 7 nitrogen and oxygen atoms in total. The van der Waals surface area contributed by atoms with Crippen molar-refractivity contribution in [3.8, 4) is 11.5 Å². The Kier molecular flexibility index (Phi) is 5.81. The quantitative estimate of drug-likeness (QED) is 0.843. The Morgan fingerprint density at radius 2 is 1.93 bits per heavy atom. The summed E-state index contributed by atoms with van der Waals surface area (Å²) in [7, 11) is 3.07. The van der Waals surface area contributed by atoms with Crippen LogP contribution in [0.3, 0.4) is 0 Å². The Hall–Kier alpha value is -2.80. The van der Waals surface area contributed by atoms with Gasteiger partial charge in [0.05, 0.1) is 19.9 Å². The summed E-state index contributed by atoms with van der Waals surface area (Å²) >= 11 is 0. The number of anilines is 1. The highest BCUT2D eigenvalue weighted by Crippen LogP contribution is 2.29. The fourth-order valence-corrected chi connectivity index (χ4v) is 3.39. The van der Waals surface area contributed by atoms with E-state index in [9.17, 15) is 9.59 Å². The predicted molar refractivity (Wildman–Crippen MR) is 104 cm³/mol. The van der Waals surface area contributed by atoms with Crippen molar-refractivity contribution in [3.05, 3.63) is 51.9 Å². The molecule has 3 rings (SSSR count). The van der Waals surface area contributed by atoms with Crippen molar-refractivity contribution in [2.45, 2.75) is 25.8 Å². The largest absolute Gasteiger partial charge is 0.497 e. The van der Waals surface area contributed by atoms with E-state index in [1.54, 1.807) is 43.0 Å². The van der Waals surface area contributed by atoms with Crippen LogP contribution in [0.2, 0.25) is 0 Å². The first-order valence-corrected chi connectivity index (χ1v) is 9.01. The Balaban J connectivity index is 1.94. The van der Waals surface area contributed by atoms with E-state index in [0.717, 1.165) is 25.9 Å². The number of pyridine rings is 1. The number of carbonyl (C=O) groups is 1. The van der Waals surface area contributed by atoms with E-state index in [1.165, 1.54) is 7.11 Å². The van der Waals surface area contributed by atoms with Gasteiger partial charge in [-0.25, -0.2) is 0 Å². The summed E-state index contributed by atoms with van der Waals surface area (Å²) < 4.78 is 12.2. The normalized spacial score (nSPS) is 14.6. The zero-order chi connectivity index (χ0) is 19.4. The first kappa shape index (κ1) is 19.0. The van der Waals surface area contributed by atoms with Gasteiger partial charge in [-0.1, -0.05) is 0 Å². The van der Waals surface area contributed by atoms with Crippen LogP contribution in [0.4, 0.5) is 5.69 Å². The second-order valence-corrected chi connectivity index (χ2v) is 6.59. The maximum absolute atomic E-state index is 13.0. The molecule has 27 heavy (non-hydrogen) atoms. The number of hydrogen-bond acceptors (Lipinski definition) is 5. The molecule has 1 aliphatic rings. The van der Waals surface area contributed by atoms with Crippen molar-refractivity contribution < 1.29 is 14.3 Å². The molecule has 0 atom stereocenters. The number of rotatable bonds is 5. The van der Waals surface area contributed by atoms with Gasteiger partial charge in [0.2, 0.25) is 0 Å². The highest BCUT2D eigenvalue weighted by atomic mass is 16.5. The third kappa shape index (κ3) is 3.98. The van der Waals surface area contributed by atoms with Crippen LogP contribution >= 0.6 is 0 Å². The van der Waals surface area contributed by atoms with Gasteiger partial charge >= 0.3 is 0 Å². The zero-order valence-corrected chi connectivity index (χ0v) is 15.9. The number of methoxy groups -OCH3 is 2. The Morgan fingerprint density at radius 3 is 2.59 bits per heavy atom. The monoisotopic (exact) mass is 371 g/mol. The summed E-state index contributed by atoms with van der Waals surface area (Å²) in [5.74, 6) is 0.631. The third-order valence-electron chi connectivity index (χ3n) is 4.91. The molecule has 0 saturated carbocycles. The molecule has 1 aromatic carbocycles. The third-order valence-corrected chi connectivity index (χ3v) is 4.91. The summed E-state index contributed by atoms with van der Waals surface area (Å²) in [6.45, 7) is 3.51. The number of aromatic nitrogens is 1. The molecule has 1 aromatic heterocycles. The number of nitrogens with zero attached hydrogens (tertiary/aromatic N) is 1. The van der Waals surface area contributed by atoms with Gasteiger partial charge in [0, 0.05) is 18.3 Å². The van der Waals surface area contributed by atoms with Crippen molar-refractivity contribution in [1.82, 2.24) is 9.88 Å². The number of carbonyl (C=O) groups excluding carboxylic acids is 1. The minimum absolute atomic E-state index is 0.109. The van der Waals surface area contributed by atoms with Gasteiger partial charge in [0.15, 0.2) is 0 Å². The lowest BCUT2D eigenvalue weighted by Gasteiger charge is -2.25. The van der Waals surface area contributed by atoms with Crippen molar-refractivity contribution in [2.75, 3.05) is 32.6 Å². The smallest absolute Gasteiger partial charge is 0.263 e. The van der Waals surface area contributed by atoms with Crippen LogP contribution in [0.25, 0.3) is 0 Å². The average molecular weight is 371 g/mol. The van der Waals surface area contributed by atoms with Crippen LogP contribution in [-0.2, 0) is 0 Å². The summed E-state index contributed by atoms with van der Waals surface area (Å²) in [6, 6.07) is 7.05. The molecule has 0 unspecified atom stereocenters.